The van der Waals surface area contributed by atoms with Crippen LogP contribution >= 0.6 is 15.9 Å². The van der Waals surface area contributed by atoms with Crippen molar-refractivity contribution in [2.45, 2.75) is 13.0 Å². The highest BCUT2D eigenvalue weighted by Crippen LogP contribution is 2.23. The fourth-order valence-corrected chi connectivity index (χ4v) is 2.22. The van der Waals surface area contributed by atoms with E-state index in [-0.39, 0.29) is 6.04 Å². The van der Waals surface area contributed by atoms with Crippen molar-refractivity contribution in [1.82, 2.24) is 4.98 Å². The predicted octanol–water partition coefficient (Wildman–Crippen LogP) is 3.89. The number of rotatable bonds is 3. The molecule has 90 valence electrons. The Bertz CT molecular complexity index is 575. The summed E-state index contributed by atoms with van der Waals surface area (Å²) >= 11 is 3.40. The predicted molar refractivity (Wildman–Crippen MR) is 75.1 cm³/mol. The molecular formula is C14H12BrN3. The number of benzene rings is 1. The molecule has 0 aliphatic heterocycles. The smallest absolute Gasteiger partial charge is 0.0992 e. The molecule has 2 rings (SSSR count). The molecule has 1 atom stereocenters. The zero-order chi connectivity index (χ0) is 13.0. The number of hydrogen-bond acceptors (Lipinski definition) is 3. The third-order valence-corrected chi connectivity index (χ3v) is 3.07. The molecule has 18 heavy (non-hydrogen) atoms. The Kier molecular flexibility index (Phi) is 3.96. The van der Waals surface area contributed by atoms with Crippen LogP contribution in [-0.4, -0.2) is 4.98 Å². The van der Waals surface area contributed by atoms with Crippen LogP contribution in [0, 0.1) is 11.3 Å². The number of nitrogens with one attached hydrogen (secondary N) is 1. The van der Waals surface area contributed by atoms with Crippen LogP contribution < -0.4 is 5.32 Å². The highest BCUT2D eigenvalue weighted by atomic mass is 79.9. The summed E-state index contributed by atoms with van der Waals surface area (Å²) in [5.74, 6) is 0. The minimum absolute atomic E-state index is 0.161. The Morgan fingerprint density at radius 2 is 2.00 bits per heavy atom. The van der Waals surface area contributed by atoms with Crippen LogP contribution in [0.5, 0.6) is 0 Å². The van der Waals surface area contributed by atoms with Gasteiger partial charge in [0.15, 0.2) is 0 Å². The SMILES string of the molecule is CC(Nc1cc(Br)cc(C#N)c1)c1ccncc1. The molecule has 0 bridgehead atoms. The highest BCUT2D eigenvalue weighted by Gasteiger charge is 2.06. The monoisotopic (exact) mass is 301 g/mol. The Hall–Kier alpha value is -1.86. The van der Waals surface area contributed by atoms with E-state index in [4.69, 9.17) is 5.26 Å². The van der Waals surface area contributed by atoms with E-state index >= 15 is 0 Å². The molecule has 0 saturated heterocycles. The summed E-state index contributed by atoms with van der Waals surface area (Å²) in [5.41, 5.74) is 2.71. The third kappa shape index (κ3) is 3.08. The van der Waals surface area contributed by atoms with Gasteiger partial charge in [-0.15, -0.1) is 0 Å². The fraction of sp³-hybridized carbons (Fsp3) is 0.143. The minimum Gasteiger partial charge on any atom is -0.378 e. The van der Waals surface area contributed by atoms with Gasteiger partial charge in [-0.1, -0.05) is 15.9 Å². The lowest BCUT2D eigenvalue weighted by molar-refractivity contribution is 0.880. The van der Waals surface area contributed by atoms with Crippen LogP contribution in [0.25, 0.3) is 0 Å². The first-order chi connectivity index (χ1) is 8.69. The maximum absolute atomic E-state index is 8.93. The summed E-state index contributed by atoms with van der Waals surface area (Å²) in [6.45, 7) is 2.07. The number of hydrogen-bond donors (Lipinski definition) is 1. The quantitative estimate of drug-likeness (QED) is 0.935. The van der Waals surface area contributed by atoms with Gasteiger partial charge in [-0.05, 0) is 42.8 Å². The highest BCUT2D eigenvalue weighted by molar-refractivity contribution is 9.10. The first-order valence-corrected chi connectivity index (χ1v) is 6.35. The molecule has 0 aliphatic carbocycles. The van der Waals surface area contributed by atoms with Gasteiger partial charge in [-0.2, -0.15) is 5.26 Å². The molecule has 1 heterocycles. The molecule has 0 aliphatic rings. The Balaban J connectivity index is 2.20. The molecule has 3 nitrogen and oxygen atoms in total. The van der Waals surface area contributed by atoms with Gasteiger partial charge in [0.2, 0.25) is 0 Å². The molecule has 0 spiro atoms. The first-order valence-electron chi connectivity index (χ1n) is 5.56. The minimum atomic E-state index is 0.161. The second-order valence-corrected chi connectivity index (χ2v) is 4.90. The lowest BCUT2D eigenvalue weighted by Gasteiger charge is -2.15. The van der Waals surface area contributed by atoms with Crippen molar-refractivity contribution < 1.29 is 0 Å². The summed E-state index contributed by atoms with van der Waals surface area (Å²) in [6.07, 6.45) is 3.55. The molecule has 1 unspecified atom stereocenters. The second-order valence-electron chi connectivity index (χ2n) is 3.99. The molecule has 2 aromatic rings. The molecule has 1 aromatic heterocycles. The van der Waals surface area contributed by atoms with E-state index < -0.39 is 0 Å². The second kappa shape index (κ2) is 5.65. The van der Waals surface area contributed by atoms with Gasteiger partial charge < -0.3 is 5.32 Å². The standard InChI is InChI=1S/C14H12BrN3/c1-10(12-2-4-17-5-3-12)18-14-7-11(9-16)6-13(15)8-14/h2-8,10,18H,1H3. The molecule has 0 amide bonds. The van der Waals surface area contributed by atoms with Crippen LogP contribution in [0.4, 0.5) is 5.69 Å². The Morgan fingerprint density at radius 3 is 2.67 bits per heavy atom. The zero-order valence-corrected chi connectivity index (χ0v) is 11.5. The van der Waals surface area contributed by atoms with Crippen molar-refractivity contribution in [1.29, 1.82) is 5.26 Å². The normalized spacial score (nSPS) is 11.6. The number of halogens is 1. The number of nitrogens with zero attached hydrogens (tertiary/aromatic N) is 2. The van der Waals surface area contributed by atoms with Gasteiger partial charge in [0, 0.05) is 28.6 Å². The maximum atomic E-state index is 8.93. The van der Waals surface area contributed by atoms with Gasteiger partial charge in [-0.25, -0.2) is 0 Å². The van der Waals surface area contributed by atoms with Crippen LogP contribution in [0.1, 0.15) is 24.1 Å². The zero-order valence-electron chi connectivity index (χ0n) is 9.89. The summed E-state index contributed by atoms with van der Waals surface area (Å²) in [4.78, 5) is 4.00. The number of aromatic nitrogens is 1. The van der Waals surface area contributed by atoms with E-state index in [2.05, 4.69) is 39.2 Å². The van der Waals surface area contributed by atoms with Crippen LogP contribution in [-0.2, 0) is 0 Å². The van der Waals surface area contributed by atoms with Gasteiger partial charge in [0.25, 0.3) is 0 Å². The van der Waals surface area contributed by atoms with E-state index in [1.165, 1.54) is 0 Å². The van der Waals surface area contributed by atoms with Crippen LogP contribution in [0.3, 0.4) is 0 Å². The average Bonchev–Trinajstić information content (AvgIpc) is 2.39. The fourth-order valence-electron chi connectivity index (χ4n) is 1.72. The van der Waals surface area contributed by atoms with Crippen LogP contribution in [0.2, 0.25) is 0 Å². The lowest BCUT2D eigenvalue weighted by atomic mass is 10.1. The molecule has 0 fully saturated rings. The van der Waals surface area contributed by atoms with Crippen molar-refractivity contribution in [2.24, 2.45) is 0 Å². The maximum Gasteiger partial charge on any atom is 0.0992 e. The van der Waals surface area contributed by atoms with Gasteiger partial charge in [-0.3, -0.25) is 4.98 Å². The first kappa shape index (κ1) is 12.6. The van der Waals surface area contributed by atoms with Crippen molar-refractivity contribution in [3.8, 4) is 6.07 Å². The summed E-state index contributed by atoms with van der Waals surface area (Å²) < 4.78 is 0.894. The summed E-state index contributed by atoms with van der Waals surface area (Å²) in [6, 6.07) is 11.8. The Morgan fingerprint density at radius 1 is 1.28 bits per heavy atom. The van der Waals surface area contributed by atoms with Gasteiger partial charge in [0.1, 0.15) is 0 Å². The van der Waals surface area contributed by atoms with E-state index in [1.54, 1.807) is 18.5 Å². The molecule has 0 radical (unpaired) electrons. The van der Waals surface area contributed by atoms with Crippen LogP contribution in [0.15, 0.2) is 47.2 Å². The van der Waals surface area contributed by atoms with E-state index in [9.17, 15) is 0 Å². The van der Waals surface area contributed by atoms with E-state index in [0.29, 0.717) is 5.56 Å². The third-order valence-electron chi connectivity index (χ3n) is 2.62. The molecule has 4 heteroatoms. The molecule has 1 N–H and O–H groups in total. The largest absolute Gasteiger partial charge is 0.378 e. The van der Waals surface area contributed by atoms with E-state index in [1.807, 2.05) is 24.3 Å². The molecular weight excluding hydrogens is 290 g/mol. The number of anilines is 1. The summed E-state index contributed by atoms with van der Waals surface area (Å²) in [5, 5.41) is 12.3. The van der Waals surface area contributed by atoms with Crippen molar-refractivity contribution in [2.75, 3.05) is 5.32 Å². The topological polar surface area (TPSA) is 48.7 Å². The van der Waals surface area contributed by atoms with Crippen molar-refractivity contribution in [3.05, 3.63) is 58.3 Å². The van der Waals surface area contributed by atoms with Gasteiger partial charge in [0.05, 0.1) is 11.6 Å². The van der Waals surface area contributed by atoms with Gasteiger partial charge >= 0.3 is 0 Å². The number of nitriles is 1. The van der Waals surface area contributed by atoms with E-state index in [0.717, 1.165) is 15.7 Å². The average molecular weight is 302 g/mol. The Labute approximate surface area is 115 Å². The van der Waals surface area contributed by atoms with Crippen molar-refractivity contribution >= 4 is 21.6 Å². The summed E-state index contributed by atoms with van der Waals surface area (Å²) in [7, 11) is 0. The molecule has 0 saturated carbocycles. The molecule has 1 aromatic carbocycles. The number of pyridine rings is 1. The lowest BCUT2D eigenvalue weighted by Crippen LogP contribution is -2.06. The van der Waals surface area contributed by atoms with Crippen molar-refractivity contribution in [3.63, 3.8) is 0 Å².